The summed E-state index contributed by atoms with van der Waals surface area (Å²) in [6, 6.07) is 12.3. The average molecular weight is 396 g/mol. The molecule has 0 saturated carbocycles. The summed E-state index contributed by atoms with van der Waals surface area (Å²) in [7, 11) is 0. The van der Waals surface area contributed by atoms with Gasteiger partial charge < -0.3 is 5.32 Å². The summed E-state index contributed by atoms with van der Waals surface area (Å²) in [5.74, 6) is 0.261. The first-order chi connectivity index (χ1) is 12.3. The van der Waals surface area contributed by atoms with Gasteiger partial charge >= 0.3 is 0 Å². The Bertz CT molecular complexity index is 746. The molecule has 1 amide bonds. The first-order valence-electron chi connectivity index (χ1n) is 8.74. The van der Waals surface area contributed by atoms with Crippen LogP contribution in [0.25, 0.3) is 0 Å². The minimum atomic E-state index is -1.03. The number of benzene rings is 2. The summed E-state index contributed by atoms with van der Waals surface area (Å²) < 4.78 is 14.4. The standard InChI is InChI=1S/C21H24Cl2FNO/c1-13(2)14(3)25-21(26)17-7-4-15(5-8-17)10-18(24)11-16-6-9-19(22)20(23)12-16/h4-9,12-14,18H,10-11H2,1-3H3,(H,25,26). The van der Waals surface area contributed by atoms with Crippen LogP contribution in [0.15, 0.2) is 42.5 Å². The fraction of sp³-hybridized carbons (Fsp3) is 0.381. The first kappa shape index (κ1) is 20.7. The van der Waals surface area contributed by atoms with Crippen molar-refractivity contribution in [2.75, 3.05) is 0 Å². The van der Waals surface area contributed by atoms with Crippen LogP contribution < -0.4 is 5.32 Å². The van der Waals surface area contributed by atoms with Gasteiger partial charge in [0.15, 0.2) is 0 Å². The largest absolute Gasteiger partial charge is 0.349 e. The molecule has 2 rings (SSSR count). The fourth-order valence-corrected chi connectivity index (χ4v) is 2.82. The second-order valence-electron chi connectivity index (χ2n) is 6.96. The summed E-state index contributed by atoms with van der Waals surface area (Å²) in [5, 5.41) is 3.86. The number of rotatable bonds is 7. The smallest absolute Gasteiger partial charge is 0.251 e. The number of halogens is 3. The van der Waals surface area contributed by atoms with Crippen LogP contribution in [0.2, 0.25) is 10.0 Å². The zero-order valence-corrected chi connectivity index (χ0v) is 16.7. The van der Waals surface area contributed by atoms with Crippen molar-refractivity contribution in [3.8, 4) is 0 Å². The molecule has 0 aliphatic carbocycles. The molecule has 0 radical (unpaired) electrons. The molecule has 0 bridgehead atoms. The molecular formula is C21H24Cl2FNO. The van der Waals surface area contributed by atoms with E-state index >= 15 is 0 Å². The van der Waals surface area contributed by atoms with E-state index in [0.717, 1.165) is 11.1 Å². The van der Waals surface area contributed by atoms with E-state index in [1.54, 1.807) is 42.5 Å². The monoisotopic (exact) mass is 395 g/mol. The lowest BCUT2D eigenvalue weighted by Crippen LogP contribution is -2.36. The van der Waals surface area contributed by atoms with Crippen molar-refractivity contribution in [2.45, 2.75) is 45.8 Å². The average Bonchev–Trinajstić information content (AvgIpc) is 2.58. The molecule has 0 aliphatic rings. The molecule has 1 N–H and O–H groups in total. The summed E-state index contributed by atoms with van der Waals surface area (Å²) in [6.45, 7) is 6.10. The molecule has 140 valence electrons. The lowest BCUT2D eigenvalue weighted by Gasteiger charge is -2.17. The van der Waals surface area contributed by atoms with Crippen molar-refractivity contribution in [2.24, 2.45) is 5.92 Å². The third-order valence-corrected chi connectivity index (χ3v) is 5.21. The Morgan fingerprint density at radius 1 is 0.962 bits per heavy atom. The van der Waals surface area contributed by atoms with Crippen molar-refractivity contribution in [1.82, 2.24) is 5.32 Å². The zero-order valence-electron chi connectivity index (χ0n) is 15.2. The molecule has 2 aromatic carbocycles. The van der Waals surface area contributed by atoms with E-state index in [1.807, 2.05) is 6.92 Å². The molecule has 26 heavy (non-hydrogen) atoms. The lowest BCUT2D eigenvalue weighted by molar-refractivity contribution is 0.0930. The topological polar surface area (TPSA) is 29.1 Å². The summed E-state index contributed by atoms with van der Waals surface area (Å²) in [4.78, 5) is 12.2. The van der Waals surface area contributed by atoms with E-state index in [-0.39, 0.29) is 24.8 Å². The van der Waals surface area contributed by atoms with Crippen molar-refractivity contribution < 1.29 is 9.18 Å². The molecule has 2 aromatic rings. The van der Waals surface area contributed by atoms with Crippen LogP contribution in [0.4, 0.5) is 4.39 Å². The highest BCUT2D eigenvalue weighted by molar-refractivity contribution is 6.42. The van der Waals surface area contributed by atoms with Gasteiger partial charge in [-0.2, -0.15) is 0 Å². The van der Waals surface area contributed by atoms with Gasteiger partial charge in [0.2, 0.25) is 0 Å². The van der Waals surface area contributed by atoms with Gasteiger partial charge in [0, 0.05) is 24.4 Å². The number of hydrogen-bond acceptors (Lipinski definition) is 1. The van der Waals surface area contributed by atoms with Crippen LogP contribution in [0.1, 0.15) is 42.3 Å². The number of alkyl halides is 1. The van der Waals surface area contributed by atoms with Gasteiger partial charge in [-0.05, 0) is 48.2 Å². The van der Waals surface area contributed by atoms with Gasteiger partial charge in [-0.15, -0.1) is 0 Å². The van der Waals surface area contributed by atoms with Crippen LogP contribution in [0.5, 0.6) is 0 Å². The Labute approximate surface area is 164 Å². The fourth-order valence-electron chi connectivity index (χ4n) is 2.50. The van der Waals surface area contributed by atoms with E-state index < -0.39 is 6.17 Å². The highest BCUT2D eigenvalue weighted by Gasteiger charge is 2.14. The molecule has 0 saturated heterocycles. The minimum Gasteiger partial charge on any atom is -0.349 e. The van der Waals surface area contributed by atoms with E-state index in [9.17, 15) is 9.18 Å². The maximum atomic E-state index is 14.4. The van der Waals surface area contributed by atoms with E-state index in [1.165, 1.54) is 0 Å². The van der Waals surface area contributed by atoms with Gasteiger partial charge in [0.25, 0.3) is 5.91 Å². The maximum absolute atomic E-state index is 14.4. The Balaban J connectivity index is 1.93. The van der Waals surface area contributed by atoms with Gasteiger partial charge in [-0.1, -0.05) is 55.2 Å². The van der Waals surface area contributed by atoms with Gasteiger partial charge in [-0.25, -0.2) is 4.39 Å². The van der Waals surface area contributed by atoms with Crippen molar-refractivity contribution >= 4 is 29.1 Å². The van der Waals surface area contributed by atoms with E-state index in [0.29, 0.717) is 21.5 Å². The third-order valence-electron chi connectivity index (χ3n) is 4.47. The van der Waals surface area contributed by atoms with Crippen molar-refractivity contribution in [1.29, 1.82) is 0 Å². The summed E-state index contributed by atoms with van der Waals surface area (Å²) in [6.07, 6.45) is -0.483. The molecule has 0 spiro atoms. The Morgan fingerprint density at radius 3 is 2.12 bits per heavy atom. The second-order valence-corrected chi connectivity index (χ2v) is 7.77. The SMILES string of the molecule is CC(C)C(C)NC(=O)c1ccc(CC(F)Cc2ccc(Cl)c(Cl)c2)cc1. The van der Waals surface area contributed by atoms with E-state index in [2.05, 4.69) is 19.2 Å². The summed E-state index contributed by atoms with van der Waals surface area (Å²) >= 11 is 11.8. The zero-order chi connectivity index (χ0) is 19.3. The Morgan fingerprint density at radius 2 is 1.54 bits per heavy atom. The van der Waals surface area contributed by atoms with Crippen LogP contribution in [0.3, 0.4) is 0 Å². The Kier molecular flexibility index (Phi) is 7.48. The highest BCUT2D eigenvalue weighted by Crippen LogP contribution is 2.24. The normalized spacial score (nSPS) is 13.5. The maximum Gasteiger partial charge on any atom is 0.251 e. The van der Waals surface area contributed by atoms with Crippen LogP contribution in [-0.2, 0) is 12.8 Å². The first-order valence-corrected chi connectivity index (χ1v) is 9.49. The number of hydrogen-bond donors (Lipinski definition) is 1. The quantitative estimate of drug-likeness (QED) is 0.621. The van der Waals surface area contributed by atoms with Crippen LogP contribution in [-0.4, -0.2) is 18.1 Å². The van der Waals surface area contributed by atoms with Crippen molar-refractivity contribution in [3.63, 3.8) is 0 Å². The van der Waals surface area contributed by atoms with Gasteiger partial charge in [0.05, 0.1) is 10.0 Å². The molecule has 0 aromatic heterocycles. The molecule has 5 heteroatoms. The third kappa shape index (κ3) is 6.00. The van der Waals surface area contributed by atoms with Crippen molar-refractivity contribution in [3.05, 3.63) is 69.2 Å². The van der Waals surface area contributed by atoms with Gasteiger partial charge in [0.1, 0.15) is 6.17 Å². The predicted molar refractivity (Wildman–Crippen MR) is 107 cm³/mol. The highest BCUT2D eigenvalue weighted by atomic mass is 35.5. The number of carbonyl (C=O) groups excluding carboxylic acids is 1. The van der Waals surface area contributed by atoms with Gasteiger partial charge in [-0.3, -0.25) is 4.79 Å². The molecule has 0 heterocycles. The molecule has 0 fully saturated rings. The Hall–Kier alpha value is -1.58. The number of amides is 1. The molecule has 0 aliphatic heterocycles. The summed E-state index contributed by atoms with van der Waals surface area (Å²) in [5.41, 5.74) is 2.25. The van der Waals surface area contributed by atoms with Crippen LogP contribution in [0, 0.1) is 5.92 Å². The number of carbonyl (C=O) groups is 1. The predicted octanol–water partition coefficient (Wildman–Crippen LogP) is 5.89. The number of nitrogens with one attached hydrogen (secondary N) is 1. The van der Waals surface area contributed by atoms with E-state index in [4.69, 9.17) is 23.2 Å². The van der Waals surface area contributed by atoms with Crippen LogP contribution >= 0.6 is 23.2 Å². The molecule has 2 unspecified atom stereocenters. The molecule has 2 nitrogen and oxygen atoms in total. The minimum absolute atomic E-state index is 0.101. The molecular weight excluding hydrogens is 372 g/mol. The molecule has 2 atom stereocenters. The second kappa shape index (κ2) is 9.38. The lowest BCUT2D eigenvalue weighted by atomic mass is 10.0.